The molecule has 24 heavy (non-hydrogen) atoms. The molecule has 130 valence electrons. The number of allylic oxidation sites excluding steroid dienone is 1. The van der Waals surface area contributed by atoms with Crippen LogP contribution in [0.15, 0.2) is 29.8 Å². The highest BCUT2D eigenvalue weighted by atomic mass is 17.1. The Morgan fingerprint density at radius 1 is 1.17 bits per heavy atom. The van der Waals surface area contributed by atoms with Crippen LogP contribution in [0.4, 0.5) is 5.69 Å². The fraction of sp³-hybridized carbons (Fsp3) is 0.500. The molecule has 0 saturated carbocycles. The molecule has 0 radical (unpaired) electrons. The van der Waals surface area contributed by atoms with Crippen LogP contribution in [0.1, 0.15) is 36.0 Å². The number of piperazine rings is 1. The largest absolute Gasteiger partial charge is 0.478 e. The molecule has 0 unspecified atom stereocenters. The standard InChI is InChI=1S/C18H24N2O4/c21-18(22)16-7-6-15(12-17(16)24-23)20-10-8-19(9-11-20)13-14-4-2-1-3-5-14/h4,6-7,12,23H,1-3,5,8-11,13H2,(H,21,22). The van der Waals surface area contributed by atoms with Crippen molar-refractivity contribution < 1.29 is 20.0 Å². The van der Waals surface area contributed by atoms with E-state index in [0.29, 0.717) is 0 Å². The van der Waals surface area contributed by atoms with E-state index >= 15 is 0 Å². The molecule has 1 aromatic carbocycles. The molecule has 1 aliphatic heterocycles. The van der Waals surface area contributed by atoms with Crippen molar-refractivity contribution in [2.24, 2.45) is 0 Å². The van der Waals surface area contributed by atoms with Gasteiger partial charge in [-0.25, -0.2) is 10.1 Å². The Bertz CT molecular complexity index is 621. The lowest BCUT2D eigenvalue weighted by Crippen LogP contribution is -2.47. The first-order valence-electron chi connectivity index (χ1n) is 8.51. The van der Waals surface area contributed by atoms with Crippen molar-refractivity contribution in [3.05, 3.63) is 35.4 Å². The Morgan fingerprint density at radius 3 is 2.58 bits per heavy atom. The minimum absolute atomic E-state index is 0.0187. The number of aromatic carboxylic acids is 1. The summed E-state index contributed by atoms with van der Waals surface area (Å²) in [4.78, 5) is 20.0. The van der Waals surface area contributed by atoms with Crippen molar-refractivity contribution in [2.75, 3.05) is 37.6 Å². The molecular formula is C18H24N2O4. The summed E-state index contributed by atoms with van der Waals surface area (Å²) < 4.78 is 0. The monoisotopic (exact) mass is 332 g/mol. The van der Waals surface area contributed by atoms with E-state index in [4.69, 9.17) is 10.4 Å². The molecule has 0 spiro atoms. The Kier molecular flexibility index (Phi) is 5.37. The first-order valence-corrected chi connectivity index (χ1v) is 8.51. The summed E-state index contributed by atoms with van der Waals surface area (Å²) in [6.07, 6.45) is 7.47. The SMILES string of the molecule is O=C(O)c1ccc(N2CCN(CC3=CCCCC3)CC2)cc1OO. The van der Waals surface area contributed by atoms with Gasteiger partial charge in [-0.3, -0.25) is 4.90 Å². The van der Waals surface area contributed by atoms with Crippen LogP contribution in [0.5, 0.6) is 5.75 Å². The van der Waals surface area contributed by atoms with Gasteiger partial charge in [0.25, 0.3) is 0 Å². The van der Waals surface area contributed by atoms with Crippen LogP contribution in [-0.2, 0) is 0 Å². The van der Waals surface area contributed by atoms with Gasteiger partial charge in [-0.05, 0) is 37.8 Å². The zero-order valence-electron chi connectivity index (χ0n) is 13.8. The van der Waals surface area contributed by atoms with Gasteiger partial charge in [-0.1, -0.05) is 11.6 Å². The molecule has 1 saturated heterocycles. The predicted octanol–water partition coefficient (Wildman–Crippen LogP) is 2.86. The Hall–Kier alpha value is -2.05. The summed E-state index contributed by atoms with van der Waals surface area (Å²) in [7, 11) is 0. The highest BCUT2D eigenvalue weighted by Crippen LogP contribution is 2.27. The van der Waals surface area contributed by atoms with Gasteiger partial charge >= 0.3 is 5.97 Å². The van der Waals surface area contributed by atoms with Crippen LogP contribution < -0.4 is 9.79 Å². The van der Waals surface area contributed by atoms with E-state index in [0.717, 1.165) is 38.4 Å². The number of hydrogen-bond donors (Lipinski definition) is 2. The molecule has 1 heterocycles. The van der Waals surface area contributed by atoms with Gasteiger partial charge in [-0.2, -0.15) is 0 Å². The quantitative estimate of drug-likeness (QED) is 0.491. The second-order valence-electron chi connectivity index (χ2n) is 6.45. The number of benzene rings is 1. The van der Waals surface area contributed by atoms with Gasteiger partial charge in [0, 0.05) is 44.5 Å². The van der Waals surface area contributed by atoms with Gasteiger partial charge in [0.15, 0.2) is 5.75 Å². The molecule has 1 aliphatic carbocycles. The van der Waals surface area contributed by atoms with Crippen LogP contribution in [0.3, 0.4) is 0 Å². The summed E-state index contributed by atoms with van der Waals surface area (Å²) in [6, 6.07) is 4.83. The Morgan fingerprint density at radius 2 is 1.96 bits per heavy atom. The van der Waals surface area contributed by atoms with Gasteiger partial charge < -0.3 is 14.9 Å². The van der Waals surface area contributed by atoms with Crippen molar-refractivity contribution in [1.29, 1.82) is 0 Å². The number of carboxylic acid groups (broad SMARTS) is 1. The number of rotatable bonds is 5. The molecule has 0 bridgehead atoms. The molecule has 0 aromatic heterocycles. The molecule has 0 atom stereocenters. The molecule has 1 fully saturated rings. The summed E-state index contributed by atoms with van der Waals surface area (Å²) >= 11 is 0. The number of carbonyl (C=O) groups is 1. The highest BCUT2D eigenvalue weighted by Gasteiger charge is 2.20. The van der Waals surface area contributed by atoms with E-state index in [1.54, 1.807) is 17.7 Å². The van der Waals surface area contributed by atoms with Crippen molar-refractivity contribution >= 4 is 11.7 Å². The first kappa shape index (κ1) is 16.8. The fourth-order valence-electron chi connectivity index (χ4n) is 3.46. The Labute approximate surface area is 141 Å². The lowest BCUT2D eigenvalue weighted by molar-refractivity contribution is -0.138. The maximum Gasteiger partial charge on any atom is 0.339 e. The van der Waals surface area contributed by atoms with Crippen molar-refractivity contribution in [2.45, 2.75) is 25.7 Å². The summed E-state index contributed by atoms with van der Waals surface area (Å²) in [5, 5.41) is 18.0. The summed E-state index contributed by atoms with van der Waals surface area (Å²) in [5.74, 6) is -1.13. The van der Waals surface area contributed by atoms with Crippen LogP contribution in [0.25, 0.3) is 0 Å². The van der Waals surface area contributed by atoms with Crippen molar-refractivity contribution in [1.82, 2.24) is 4.90 Å². The van der Waals surface area contributed by atoms with E-state index in [9.17, 15) is 4.79 Å². The molecule has 2 N–H and O–H groups in total. The van der Waals surface area contributed by atoms with E-state index in [-0.39, 0.29) is 11.3 Å². The average Bonchev–Trinajstić information content (AvgIpc) is 2.62. The van der Waals surface area contributed by atoms with Crippen LogP contribution in [0.2, 0.25) is 0 Å². The van der Waals surface area contributed by atoms with E-state index < -0.39 is 5.97 Å². The van der Waals surface area contributed by atoms with Crippen LogP contribution in [-0.4, -0.2) is 54.0 Å². The Balaban J connectivity index is 1.60. The number of hydrogen-bond acceptors (Lipinski definition) is 5. The molecule has 3 rings (SSSR count). The second kappa shape index (κ2) is 7.68. The maximum atomic E-state index is 11.1. The number of nitrogens with zero attached hydrogens (tertiary/aromatic N) is 2. The summed E-state index contributed by atoms with van der Waals surface area (Å²) in [6.45, 7) is 4.78. The van der Waals surface area contributed by atoms with E-state index in [2.05, 4.69) is 20.8 Å². The molecule has 6 heteroatoms. The number of anilines is 1. The topological polar surface area (TPSA) is 73.2 Å². The third-order valence-corrected chi connectivity index (χ3v) is 4.84. The van der Waals surface area contributed by atoms with Gasteiger partial charge in [0.05, 0.1) is 0 Å². The lowest BCUT2D eigenvalue weighted by atomic mass is 9.99. The molecule has 6 nitrogen and oxygen atoms in total. The smallest absolute Gasteiger partial charge is 0.339 e. The molecule has 2 aliphatic rings. The lowest BCUT2D eigenvalue weighted by Gasteiger charge is -2.37. The number of carboxylic acids is 1. The highest BCUT2D eigenvalue weighted by molar-refractivity contribution is 5.91. The second-order valence-corrected chi connectivity index (χ2v) is 6.45. The van der Waals surface area contributed by atoms with E-state index in [1.807, 2.05) is 0 Å². The summed E-state index contributed by atoms with van der Waals surface area (Å²) in [5.41, 5.74) is 2.40. The van der Waals surface area contributed by atoms with Gasteiger partial charge in [0.2, 0.25) is 0 Å². The van der Waals surface area contributed by atoms with Crippen molar-refractivity contribution in [3.8, 4) is 5.75 Å². The molecular weight excluding hydrogens is 308 g/mol. The molecule has 0 amide bonds. The van der Waals surface area contributed by atoms with Crippen LogP contribution >= 0.6 is 0 Å². The van der Waals surface area contributed by atoms with Crippen LogP contribution in [0, 0.1) is 0 Å². The maximum absolute atomic E-state index is 11.1. The first-order chi connectivity index (χ1) is 11.7. The third-order valence-electron chi connectivity index (χ3n) is 4.84. The average molecular weight is 332 g/mol. The zero-order chi connectivity index (χ0) is 16.9. The van der Waals surface area contributed by atoms with Gasteiger partial charge in [0.1, 0.15) is 5.56 Å². The molecule has 1 aromatic rings. The minimum Gasteiger partial charge on any atom is -0.478 e. The normalized spacial score (nSPS) is 19.0. The minimum atomic E-state index is -1.11. The predicted molar refractivity (Wildman–Crippen MR) is 91.9 cm³/mol. The van der Waals surface area contributed by atoms with E-state index in [1.165, 1.54) is 31.7 Å². The third kappa shape index (κ3) is 3.88. The van der Waals surface area contributed by atoms with Gasteiger partial charge in [-0.15, -0.1) is 0 Å². The van der Waals surface area contributed by atoms with Crippen molar-refractivity contribution in [3.63, 3.8) is 0 Å². The zero-order valence-corrected chi connectivity index (χ0v) is 13.8. The fourth-order valence-corrected chi connectivity index (χ4v) is 3.46.